The Bertz CT molecular complexity index is 856. The van der Waals surface area contributed by atoms with Crippen LogP contribution in [0.25, 0.3) is 0 Å². The van der Waals surface area contributed by atoms with Crippen LogP contribution in [0.15, 0.2) is 36.4 Å². The van der Waals surface area contributed by atoms with E-state index >= 15 is 0 Å². The van der Waals surface area contributed by atoms with Crippen LogP contribution in [0.2, 0.25) is 5.02 Å². The molecule has 0 saturated carbocycles. The number of rotatable bonds is 5. The summed E-state index contributed by atoms with van der Waals surface area (Å²) in [6.07, 6.45) is -4.67. The van der Waals surface area contributed by atoms with E-state index in [1.807, 2.05) is 0 Å². The number of benzene rings is 2. The molecule has 0 bridgehead atoms. The topological polar surface area (TPSA) is 81.5 Å². The lowest BCUT2D eigenvalue weighted by atomic mass is 10.2. The molecule has 10 heteroatoms. The van der Waals surface area contributed by atoms with Crippen molar-refractivity contribution >= 4 is 28.9 Å². The van der Waals surface area contributed by atoms with E-state index < -0.39 is 34.2 Å². The molecule has 138 valence electrons. The van der Waals surface area contributed by atoms with Gasteiger partial charge in [0.15, 0.2) is 12.4 Å². The zero-order valence-corrected chi connectivity index (χ0v) is 14.0. The summed E-state index contributed by atoms with van der Waals surface area (Å²) in [4.78, 5) is 22.2. The van der Waals surface area contributed by atoms with Crippen LogP contribution in [-0.2, 0) is 11.0 Å². The van der Waals surface area contributed by atoms with Crippen LogP contribution in [0, 0.1) is 17.0 Å². The van der Waals surface area contributed by atoms with Crippen molar-refractivity contribution in [3.8, 4) is 5.75 Å². The maximum absolute atomic E-state index is 12.8. The number of amides is 1. The molecule has 26 heavy (non-hydrogen) atoms. The van der Waals surface area contributed by atoms with Crippen molar-refractivity contribution in [2.45, 2.75) is 13.1 Å². The van der Waals surface area contributed by atoms with E-state index in [-0.39, 0.29) is 17.1 Å². The largest absolute Gasteiger partial charge is 0.477 e. The smallest absolute Gasteiger partial charge is 0.417 e. The molecule has 2 rings (SSSR count). The maximum Gasteiger partial charge on any atom is 0.417 e. The van der Waals surface area contributed by atoms with Crippen LogP contribution < -0.4 is 10.1 Å². The van der Waals surface area contributed by atoms with Gasteiger partial charge in [0.25, 0.3) is 5.91 Å². The second-order valence-corrected chi connectivity index (χ2v) is 5.66. The summed E-state index contributed by atoms with van der Waals surface area (Å²) in [5.41, 5.74) is -0.904. The maximum atomic E-state index is 12.8. The average molecular weight is 389 g/mol. The van der Waals surface area contributed by atoms with E-state index in [2.05, 4.69) is 5.32 Å². The SMILES string of the molecule is Cc1ccc(OCC(=O)Nc2ccc(Cl)c(C(F)(F)F)c2)c([N+](=O)[O-])c1. The molecule has 0 aliphatic heterocycles. The molecule has 6 nitrogen and oxygen atoms in total. The number of nitrogens with zero attached hydrogens (tertiary/aromatic N) is 1. The highest BCUT2D eigenvalue weighted by atomic mass is 35.5. The summed E-state index contributed by atoms with van der Waals surface area (Å²) in [5.74, 6) is -0.904. The Hall–Kier alpha value is -2.81. The molecule has 0 radical (unpaired) electrons. The van der Waals surface area contributed by atoms with Crippen LogP contribution in [0.4, 0.5) is 24.5 Å². The first-order valence-corrected chi connectivity index (χ1v) is 7.50. The Morgan fingerprint density at radius 3 is 2.58 bits per heavy atom. The number of hydrogen-bond acceptors (Lipinski definition) is 4. The van der Waals surface area contributed by atoms with E-state index in [1.54, 1.807) is 13.0 Å². The summed E-state index contributed by atoms with van der Waals surface area (Å²) in [7, 11) is 0. The molecule has 2 aromatic carbocycles. The molecule has 2 aromatic rings. The molecule has 1 N–H and O–H groups in total. The number of halogens is 4. The summed E-state index contributed by atoms with van der Waals surface area (Å²) in [6, 6.07) is 7.08. The van der Waals surface area contributed by atoms with Gasteiger partial charge >= 0.3 is 11.9 Å². The lowest BCUT2D eigenvalue weighted by molar-refractivity contribution is -0.385. The summed E-state index contributed by atoms with van der Waals surface area (Å²) < 4.78 is 43.5. The third-order valence-electron chi connectivity index (χ3n) is 3.23. The molecular weight excluding hydrogens is 377 g/mol. The fourth-order valence-electron chi connectivity index (χ4n) is 2.05. The third-order valence-corrected chi connectivity index (χ3v) is 3.56. The minimum Gasteiger partial charge on any atom is -0.477 e. The van der Waals surface area contributed by atoms with Crippen molar-refractivity contribution in [2.75, 3.05) is 11.9 Å². The molecule has 0 aliphatic rings. The summed E-state index contributed by atoms with van der Waals surface area (Å²) >= 11 is 5.50. The van der Waals surface area contributed by atoms with E-state index in [0.29, 0.717) is 11.6 Å². The molecule has 0 fully saturated rings. The highest BCUT2D eigenvalue weighted by molar-refractivity contribution is 6.31. The quantitative estimate of drug-likeness (QED) is 0.600. The zero-order valence-electron chi connectivity index (χ0n) is 13.3. The summed E-state index contributed by atoms with van der Waals surface area (Å²) in [5, 5.41) is 12.7. The normalized spacial score (nSPS) is 11.1. The Balaban J connectivity index is 2.08. The number of nitrogens with one attached hydrogen (secondary N) is 1. The van der Waals surface area contributed by atoms with Gasteiger partial charge in [0.1, 0.15) is 0 Å². The Morgan fingerprint density at radius 1 is 1.27 bits per heavy atom. The minimum absolute atomic E-state index is 0.122. The van der Waals surface area contributed by atoms with Crippen LogP contribution in [0.1, 0.15) is 11.1 Å². The molecule has 0 aliphatic carbocycles. The monoisotopic (exact) mass is 388 g/mol. The van der Waals surface area contributed by atoms with Gasteiger partial charge in [-0.25, -0.2) is 0 Å². The van der Waals surface area contributed by atoms with Crippen molar-refractivity contribution in [3.63, 3.8) is 0 Å². The van der Waals surface area contributed by atoms with Crippen molar-refractivity contribution in [3.05, 3.63) is 62.7 Å². The van der Waals surface area contributed by atoms with Gasteiger partial charge in [-0.15, -0.1) is 0 Å². The standard InChI is InChI=1S/C16H12ClF3N2O4/c1-9-2-5-14(13(6-9)22(24)25)26-8-15(23)21-10-3-4-12(17)11(7-10)16(18,19)20/h2-7H,8H2,1H3,(H,21,23). The zero-order chi connectivity index (χ0) is 19.5. The highest BCUT2D eigenvalue weighted by Gasteiger charge is 2.33. The molecule has 0 spiro atoms. The van der Waals surface area contributed by atoms with Gasteiger partial charge in [-0.3, -0.25) is 14.9 Å². The van der Waals surface area contributed by atoms with Crippen molar-refractivity contribution in [1.82, 2.24) is 0 Å². The first-order valence-electron chi connectivity index (χ1n) is 7.12. The average Bonchev–Trinajstić information content (AvgIpc) is 2.54. The summed E-state index contributed by atoms with van der Waals surface area (Å²) in [6.45, 7) is 1.04. The number of carbonyl (C=O) groups excluding carboxylic acids is 1. The van der Waals surface area contributed by atoms with Crippen LogP contribution in [0.5, 0.6) is 5.75 Å². The molecule has 0 unspecified atom stereocenters. The fourth-order valence-corrected chi connectivity index (χ4v) is 2.28. The molecular formula is C16H12ClF3N2O4. The van der Waals surface area contributed by atoms with Gasteiger partial charge in [0.2, 0.25) is 0 Å². The third kappa shape index (κ3) is 4.85. The Kier molecular flexibility index (Phi) is 5.71. The minimum atomic E-state index is -4.67. The number of nitro groups is 1. The molecule has 0 aromatic heterocycles. The highest BCUT2D eigenvalue weighted by Crippen LogP contribution is 2.36. The second-order valence-electron chi connectivity index (χ2n) is 5.26. The number of nitro benzene ring substituents is 1. The van der Waals surface area contributed by atoms with Crippen LogP contribution in [0.3, 0.4) is 0 Å². The predicted molar refractivity (Wildman–Crippen MR) is 88.4 cm³/mol. The fraction of sp³-hybridized carbons (Fsp3) is 0.188. The van der Waals surface area contributed by atoms with E-state index in [0.717, 1.165) is 6.07 Å². The first-order chi connectivity index (χ1) is 12.1. The lowest BCUT2D eigenvalue weighted by Gasteiger charge is -2.12. The van der Waals surface area contributed by atoms with E-state index in [1.165, 1.54) is 18.2 Å². The number of aryl methyl sites for hydroxylation is 1. The Morgan fingerprint density at radius 2 is 1.96 bits per heavy atom. The van der Waals surface area contributed by atoms with Crippen molar-refractivity contribution in [1.29, 1.82) is 0 Å². The number of ether oxygens (including phenoxy) is 1. The molecule has 0 atom stereocenters. The van der Waals surface area contributed by atoms with E-state index in [4.69, 9.17) is 16.3 Å². The van der Waals surface area contributed by atoms with Crippen LogP contribution in [-0.4, -0.2) is 17.4 Å². The number of hydrogen-bond donors (Lipinski definition) is 1. The molecule has 0 saturated heterocycles. The van der Waals surface area contributed by atoms with Gasteiger partial charge in [-0.2, -0.15) is 13.2 Å². The van der Waals surface area contributed by atoms with Gasteiger partial charge in [0, 0.05) is 11.8 Å². The molecule has 0 heterocycles. The van der Waals surface area contributed by atoms with Gasteiger partial charge in [-0.1, -0.05) is 17.7 Å². The second kappa shape index (κ2) is 7.61. The van der Waals surface area contributed by atoms with Gasteiger partial charge in [0.05, 0.1) is 15.5 Å². The lowest BCUT2D eigenvalue weighted by Crippen LogP contribution is -2.21. The number of anilines is 1. The first kappa shape index (κ1) is 19.5. The number of carbonyl (C=O) groups is 1. The van der Waals surface area contributed by atoms with Crippen molar-refractivity contribution < 1.29 is 27.6 Å². The van der Waals surface area contributed by atoms with Gasteiger partial charge < -0.3 is 10.1 Å². The van der Waals surface area contributed by atoms with Gasteiger partial charge in [-0.05, 0) is 36.8 Å². The van der Waals surface area contributed by atoms with Crippen molar-refractivity contribution in [2.24, 2.45) is 0 Å². The van der Waals surface area contributed by atoms with E-state index in [9.17, 15) is 28.1 Å². The number of alkyl halides is 3. The Labute approximate surface area is 150 Å². The molecule has 1 amide bonds. The van der Waals surface area contributed by atoms with Crippen LogP contribution >= 0.6 is 11.6 Å². The predicted octanol–water partition coefficient (Wildman–Crippen LogP) is 4.59.